The van der Waals surface area contributed by atoms with Gasteiger partial charge in [0.2, 0.25) is 0 Å². The van der Waals surface area contributed by atoms with Crippen molar-refractivity contribution in [2.24, 2.45) is 0 Å². The van der Waals surface area contributed by atoms with E-state index in [4.69, 9.17) is 16.3 Å². The highest BCUT2D eigenvalue weighted by Crippen LogP contribution is 2.25. The Kier molecular flexibility index (Phi) is 3.74. The van der Waals surface area contributed by atoms with E-state index in [-0.39, 0.29) is 0 Å². The first-order valence-corrected chi connectivity index (χ1v) is 6.32. The van der Waals surface area contributed by atoms with Crippen LogP contribution in [-0.4, -0.2) is 10.2 Å². The van der Waals surface area contributed by atoms with Crippen molar-refractivity contribution in [3.63, 3.8) is 0 Å². The number of hydrogen-bond donors (Lipinski definition) is 0. The summed E-state index contributed by atoms with van der Waals surface area (Å²) in [4.78, 5) is 0. The minimum atomic E-state index is 0.371. The molecule has 0 fully saturated rings. The maximum atomic E-state index is 5.64. The Hall–Kier alpha value is -1.13. The topological polar surface area (TPSA) is 35.0 Å². The van der Waals surface area contributed by atoms with E-state index in [0.717, 1.165) is 17.2 Å². The molecule has 0 spiro atoms. The van der Waals surface area contributed by atoms with Crippen molar-refractivity contribution in [2.75, 3.05) is 0 Å². The van der Waals surface area contributed by atoms with Crippen LogP contribution >= 0.6 is 22.9 Å². The maximum Gasteiger partial charge on any atom is 0.299 e. The van der Waals surface area contributed by atoms with Crippen molar-refractivity contribution < 1.29 is 4.74 Å². The highest BCUT2D eigenvalue weighted by Gasteiger charge is 2.04. The van der Waals surface area contributed by atoms with E-state index in [9.17, 15) is 0 Å². The molecule has 3 nitrogen and oxygen atoms in total. The second kappa shape index (κ2) is 5.27. The number of nitrogens with zero attached hydrogens (tertiary/aromatic N) is 2. The van der Waals surface area contributed by atoms with E-state index < -0.39 is 0 Å². The predicted molar refractivity (Wildman–Crippen MR) is 65.4 cm³/mol. The molecule has 0 saturated heterocycles. The summed E-state index contributed by atoms with van der Waals surface area (Å²) in [6.45, 7) is 2.12. The lowest BCUT2D eigenvalue weighted by molar-refractivity contribution is 0.473. The zero-order valence-corrected chi connectivity index (χ0v) is 10.4. The van der Waals surface area contributed by atoms with Crippen molar-refractivity contribution in [1.29, 1.82) is 0 Å². The maximum absolute atomic E-state index is 5.64. The molecule has 0 N–H and O–H groups in total. The summed E-state index contributed by atoms with van der Waals surface area (Å²) in [5.74, 6) is 1.14. The first-order chi connectivity index (χ1) is 7.81. The van der Waals surface area contributed by atoms with Gasteiger partial charge < -0.3 is 4.74 Å². The summed E-state index contributed by atoms with van der Waals surface area (Å²) in [6.07, 6.45) is 1.02. The quantitative estimate of drug-likeness (QED) is 0.782. The van der Waals surface area contributed by atoms with Crippen LogP contribution in [0.25, 0.3) is 0 Å². The fraction of sp³-hybridized carbons (Fsp3) is 0.273. The fourth-order valence-electron chi connectivity index (χ4n) is 1.23. The molecule has 0 amide bonds. The highest BCUT2D eigenvalue weighted by atomic mass is 35.5. The van der Waals surface area contributed by atoms with Crippen LogP contribution in [0.15, 0.2) is 24.3 Å². The summed E-state index contributed by atoms with van der Waals surface area (Å²) in [7, 11) is 0. The number of halogens is 1. The zero-order chi connectivity index (χ0) is 11.4. The van der Waals surface area contributed by atoms with Gasteiger partial charge in [0.25, 0.3) is 5.19 Å². The average Bonchev–Trinajstić information content (AvgIpc) is 2.78. The van der Waals surface area contributed by atoms with Gasteiger partial charge in [0, 0.05) is 0 Å². The molecule has 5 heteroatoms. The second-order valence-corrected chi connectivity index (χ2v) is 4.49. The lowest BCUT2D eigenvalue weighted by atomic mass is 10.2. The summed E-state index contributed by atoms with van der Waals surface area (Å²) in [5, 5.41) is 9.06. The molecule has 1 heterocycles. The first kappa shape index (κ1) is 11.4. The average molecular weight is 255 g/mol. The summed E-state index contributed by atoms with van der Waals surface area (Å²) in [6, 6.07) is 7.94. The minimum absolute atomic E-state index is 0.371. The summed E-state index contributed by atoms with van der Waals surface area (Å²) >= 11 is 7.00. The van der Waals surface area contributed by atoms with Crippen LogP contribution in [0.2, 0.25) is 0 Å². The predicted octanol–water partition coefficient (Wildman–Crippen LogP) is 3.63. The molecule has 0 saturated carbocycles. The number of alkyl halides is 1. The van der Waals surface area contributed by atoms with Crippen molar-refractivity contribution in [3.8, 4) is 10.9 Å². The summed E-state index contributed by atoms with van der Waals surface area (Å²) < 4.78 is 5.55. The molecule has 2 aromatic rings. The zero-order valence-electron chi connectivity index (χ0n) is 8.81. The van der Waals surface area contributed by atoms with Gasteiger partial charge in [-0.05, 0) is 24.1 Å². The van der Waals surface area contributed by atoms with Gasteiger partial charge in [0.05, 0.1) is 5.88 Å². The van der Waals surface area contributed by atoms with Crippen molar-refractivity contribution in [1.82, 2.24) is 10.2 Å². The van der Waals surface area contributed by atoms with Crippen LogP contribution in [0.4, 0.5) is 0 Å². The van der Waals surface area contributed by atoms with Gasteiger partial charge >= 0.3 is 0 Å². The number of aromatic nitrogens is 2. The number of benzene rings is 1. The normalized spacial score (nSPS) is 10.4. The smallest absolute Gasteiger partial charge is 0.299 e. The van der Waals surface area contributed by atoms with Gasteiger partial charge in [-0.15, -0.1) is 16.7 Å². The Morgan fingerprint density at radius 3 is 2.56 bits per heavy atom. The molecule has 16 heavy (non-hydrogen) atoms. The Labute approximate surface area is 103 Å². The largest absolute Gasteiger partial charge is 0.430 e. The van der Waals surface area contributed by atoms with Crippen LogP contribution in [0.3, 0.4) is 0 Å². The van der Waals surface area contributed by atoms with Gasteiger partial charge in [0.15, 0.2) is 0 Å². The lowest BCUT2D eigenvalue weighted by Gasteiger charge is -2.01. The van der Waals surface area contributed by atoms with Gasteiger partial charge in [-0.3, -0.25) is 0 Å². The van der Waals surface area contributed by atoms with Crippen molar-refractivity contribution >= 4 is 22.9 Å². The molecule has 0 aliphatic heterocycles. The number of hydrogen-bond acceptors (Lipinski definition) is 4. The highest BCUT2D eigenvalue weighted by molar-refractivity contribution is 7.13. The van der Waals surface area contributed by atoms with E-state index in [0.29, 0.717) is 11.1 Å². The van der Waals surface area contributed by atoms with Crippen molar-refractivity contribution in [3.05, 3.63) is 34.8 Å². The molecule has 0 radical (unpaired) electrons. The van der Waals surface area contributed by atoms with Crippen LogP contribution < -0.4 is 4.74 Å². The van der Waals surface area contributed by atoms with Gasteiger partial charge in [0.1, 0.15) is 10.8 Å². The Balaban J connectivity index is 2.08. The van der Waals surface area contributed by atoms with Crippen LogP contribution in [-0.2, 0) is 12.3 Å². The monoisotopic (exact) mass is 254 g/mol. The molecule has 0 aliphatic rings. The molecular formula is C11H11ClN2OS. The second-order valence-electron chi connectivity index (χ2n) is 3.19. The number of aryl methyl sites for hydroxylation is 1. The van der Waals surface area contributed by atoms with Gasteiger partial charge in [-0.2, -0.15) is 0 Å². The fourth-order valence-corrected chi connectivity index (χ4v) is 2.00. The van der Waals surface area contributed by atoms with Gasteiger partial charge in [-0.25, -0.2) is 0 Å². The van der Waals surface area contributed by atoms with E-state index in [1.165, 1.54) is 16.9 Å². The molecule has 0 atom stereocenters. The minimum Gasteiger partial charge on any atom is -0.430 e. The molecule has 0 bridgehead atoms. The number of rotatable bonds is 4. The molecule has 1 aromatic heterocycles. The number of ether oxygens (including phenoxy) is 1. The standard InChI is InChI=1S/C11H11ClN2OS/c1-2-8-3-5-9(6-4-8)15-11-14-13-10(7-12)16-11/h3-6H,2,7H2,1H3. The third-order valence-electron chi connectivity index (χ3n) is 2.10. The lowest BCUT2D eigenvalue weighted by Crippen LogP contribution is -1.84. The van der Waals surface area contributed by atoms with E-state index in [1.807, 2.05) is 24.3 Å². The molecular weight excluding hydrogens is 244 g/mol. The third-order valence-corrected chi connectivity index (χ3v) is 3.31. The Morgan fingerprint density at radius 1 is 1.25 bits per heavy atom. The van der Waals surface area contributed by atoms with Crippen LogP contribution in [0.5, 0.6) is 10.9 Å². The first-order valence-electron chi connectivity index (χ1n) is 4.97. The third kappa shape index (κ3) is 2.71. The molecule has 84 valence electrons. The van der Waals surface area contributed by atoms with Crippen molar-refractivity contribution in [2.45, 2.75) is 19.2 Å². The SMILES string of the molecule is CCc1ccc(Oc2nnc(CCl)s2)cc1. The Bertz CT molecular complexity index is 455. The van der Waals surface area contributed by atoms with Gasteiger partial charge in [-0.1, -0.05) is 35.5 Å². The van der Waals surface area contributed by atoms with Crippen LogP contribution in [0, 0.1) is 0 Å². The Morgan fingerprint density at radius 2 is 2.00 bits per heavy atom. The molecule has 0 aliphatic carbocycles. The van der Waals surface area contributed by atoms with E-state index in [2.05, 4.69) is 17.1 Å². The van der Waals surface area contributed by atoms with E-state index >= 15 is 0 Å². The van der Waals surface area contributed by atoms with Crippen LogP contribution in [0.1, 0.15) is 17.5 Å². The molecule has 1 aromatic carbocycles. The summed E-state index contributed by atoms with van der Waals surface area (Å²) in [5.41, 5.74) is 1.28. The molecule has 2 rings (SSSR count). The van der Waals surface area contributed by atoms with E-state index in [1.54, 1.807) is 0 Å². The molecule has 0 unspecified atom stereocenters.